The van der Waals surface area contributed by atoms with Crippen molar-refractivity contribution in [2.24, 2.45) is 0 Å². The van der Waals surface area contributed by atoms with Crippen LogP contribution < -0.4 is 10.2 Å². The van der Waals surface area contributed by atoms with Gasteiger partial charge in [-0.25, -0.2) is 4.98 Å². The zero-order chi connectivity index (χ0) is 19.8. The Labute approximate surface area is 168 Å². The number of nitrogens with zero attached hydrogens (tertiary/aromatic N) is 2. The molecule has 0 saturated heterocycles. The minimum atomic E-state index is -0.138. The standard InChI is InChI=1S/C24H21N3O2/c25-23-21-20(17-8-2-1-3-9-17)19-12-11-16-7-4-5-10-18(16)22(19)29-24(21)26-15-27(23)13-6-14-28/h1-5,7-12,15,20,25,28H,6,13-14H2/t20-/m0/s1. The minimum absolute atomic E-state index is 0.0803. The van der Waals surface area contributed by atoms with Gasteiger partial charge in [0.2, 0.25) is 5.88 Å². The van der Waals surface area contributed by atoms with Crippen molar-refractivity contribution >= 4 is 10.8 Å². The third-order valence-corrected chi connectivity index (χ3v) is 5.49. The van der Waals surface area contributed by atoms with E-state index in [0.717, 1.165) is 33.2 Å². The first-order chi connectivity index (χ1) is 14.3. The monoisotopic (exact) mass is 383 g/mol. The van der Waals surface area contributed by atoms with E-state index < -0.39 is 0 Å². The Bertz CT molecular complexity index is 1250. The Morgan fingerprint density at radius 3 is 2.62 bits per heavy atom. The van der Waals surface area contributed by atoms with Gasteiger partial charge in [0.05, 0.1) is 5.56 Å². The first-order valence-electron chi connectivity index (χ1n) is 9.77. The van der Waals surface area contributed by atoms with Crippen LogP contribution in [0.15, 0.2) is 73.1 Å². The summed E-state index contributed by atoms with van der Waals surface area (Å²) in [5.74, 6) is 1.15. The molecule has 0 aliphatic carbocycles. The summed E-state index contributed by atoms with van der Waals surface area (Å²) in [5, 5.41) is 20.2. The van der Waals surface area contributed by atoms with Crippen molar-refractivity contribution in [3.05, 3.63) is 95.2 Å². The summed E-state index contributed by atoms with van der Waals surface area (Å²) < 4.78 is 8.07. The summed E-state index contributed by atoms with van der Waals surface area (Å²) in [4.78, 5) is 4.55. The van der Waals surface area contributed by atoms with Crippen molar-refractivity contribution in [3.8, 4) is 11.6 Å². The number of aromatic nitrogens is 2. The van der Waals surface area contributed by atoms with E-state index in [4.69, 9.17) is 10.1 Å². The second-order valence-corrected chi connectivity index (χ2v) is 7.23. The van der Waals surface area contributed by atoms with Crippen LogP contribution in [-0.2, 0) is 6.54 Å². The first-order valence-corrected chi connectivity index (χ1v) is 9.77. The molecule has 2 heterocycles. The van der Waals surface area contributed by atoms with E-state index in [1.165, 1.54) is 0 Å². The number of hydrogen-bond donors (Lipinski definition) is 2. The highest BCUT2D eigenvalue weighted by molar-refractivity contribution is 5.91. The Morgan fingerprint density at radius 1 is 1.00 bits per heavy atom. The van der Waals surface area contributed by atoms with Gasteiger partial charge in [0, 0.05) is 30.0 Å². The Morgan fingerprint density at radius 2 is 1.79 bits per heavy atom. The third-order valence-electron chi connectivity index (χ3n) is 5.49. The Kier molecular flexibility index (Phi) is 4.37. The summed E-state index contributed by atoms with van der Waals surface area (Å²) in [6, 6.07) is 22.6. The van der Waals surface area contributed by atoms with Crippen molar-refractivity contribution in [2.45, 2.75) is 18.9 Å². The van der Waals surface area contributed by atoms with Crippen molar-refractivity contribution in [1.29, 1.82) is 5.41 Å². The SMILES string of the molecule is N=c1c2c(ncn1CCCO)Oc1c(ccc3ccccc13)[C@@H]2c1ccccc1. The van der Waals surface area contributed by atoms with Crippen LogP contribution >= 0.6 is 0 Å². The van der Waals surface area contributed by atoms with Gasteiger partial charge in [0.15, 0.2) is 0 Å². The molecule has 1 aromatic heterocycles. The van der Waals surface area contributed by atoms with Crippen molar-refractivity contribution in [1.82, 2.24) is 9.55 Å². The first kappa shape index (κ1) is 17.6. The summed E-state index contributed by atoms with van der Waals surface area (Å²) in [7, 11) is 0. The predicted molar refractivity (Wildman–Crippen MR) is 111 cm³/mol. The van der Waals surface area contributed by atoms with Crippen LogP contribution in [0.2, 0.25) is 0 Å². The quantitative estimate of drug-likeness (QED) is 0.489. The van der Waals surface area contributed by atoms with Crippen LogP contribution in [0.3, 0.4) is 0 Å². The molecule has 29 heavy (non-hydrogen) atoms. The molecule has 0 spiro atoms. The van der Waals surface area contributed by atoms with Gasteiger partial charge in [-0.15, -0.1) is 0 Å². The fourth-order valence-corrected chi connectivity index (χ4v) is 4.10. The summed E-state index contributed by atoms with van der Waals surface area (Å²) in [6.45, 7) is 0.624. The molecule has 3 aromatic carbocycles. The molecule has 4 aromatic rings. The van der Waals surface area contributed by atoms with Gasteiger partial charge in [-0.2, -0.15) is 0 Å². The molecule has 5 nitrogen and oxygen atoms in total. The van der Waals surface area contributed by atoms with E-state index in [2.05, 4.69) is 41.4 Å². The van der Waals surface area contributed by atoms with Crippen LogP contribution in [0.1, 0.15) is 29.0 Å². The zero-order valence-electron chi connectivity index (χ0n) is 15.9. The van der Waals surface area contributed by atoms with E-state index >= 15 is 0 Å². The predicted octanol–water partition coefficient (Wildman–Crippen LogP) is 4.18. The fourth-order valence-electron chi connectivity index (χ4n) is 4.10. The van der Waals surface area contributed by atoms with Gasteiger partial charge in [-0.05, 0) is 17.4 Å². The van der Waals surface area contributed by atoms with Gasteiger partial charge in [-0.1, -0.05) is 66.7 Å². The second kappa shape index (κ2) is 7.18. The molecule has 0 unspecified atom stereocenters. The summed E-state index contributed by atoms with van der Waals surface area (Å²) in [6.07, 6.45) is 2.21. The molecule has 1 atom stereocenters. The van der Waals surface area contributed by atoms with Crippen LogP contribution in [0.25, 0.3) is 10.8 Å². The molecule has 0 saturated carbocycles. The zero-order valence-corrected chi connectivity index (χ0v) is 15.9. The maximum absolute atomic E-state index is 9.20. The highest BCUT2D eigenvalue weighted by atomic mass is 16.5. The molecule has 5 rings (SSSR count). The van der Waals surface area contributed by atoms with Gasteiger partial charge in [-0.3, -0.25) is 5.41 Å². The van der Waals surface area contributed by atoms with Gasteiger partial charge in [0.1, 0.15) is 17.6 Å². The van der Waals surface area contributed by atoms with E-state index in [0.29, 0.717) is 24.3 Å². The van der Waals surface area contributed by atoms with Crippen LogP contribution in [0, 0.1) is 5.41 Å². The lowest BCUT2D eigenvalue weighted by Gasteiger charge is -2.29. The molecular formula is C24H21N3O2. The number of rotatable bonds is 4. The summed E-state index contributed by atoms with van der Waals surface area (Å²) in [5.41, 5.74) is 3.27. The van der Waals surface area contributed by atoms with Gasteiger partial charge >= 0.3 is 0 Å². The topological polar surface area (TPSA) is 71.1 Å². The molecule has 0 fully saturated rings. The lowest BCUT2D eigenvalue weighted by Crippen LogP contribution is -2.30. The Hall–Kier alpha value is -3.44. The molecule has 2 N–H and O–H groups in total. The van der Waals surface area contributed by atoms with Crippen molar-refractivity contribution < 1.29 is 9.84 Å². The lowest BCUT2D eigenvalue weighted by molar-refractivity contribution is 0.278. The van der Waals surface area contributed by atoms with Crippen molar-refractivity contribution in [2.75, 3.05) is 6.61 Å². The maximum atomic E-state index is 9.20. The number of ether oxygens (including phenoxy) is 1. The average Bonchev–Trinajstić information content (AvgIpc) is 2.78. The number of aliphatic hydroxyl groups excluding tert-OH is 1. The number of nitrogens with one attached hydrogen (secondary N) is 1. The highest BCUT2D eigenvalue weighted by Gasteiger charge is 2.32. The lowest BCUT2D eigenvalue weighted by atomic mass is 9.83. The largest absolute Gasteiger partial charge is 0.438 e. The third kappa shape index (κ3) is 2.91. The van der Waals surface area contributed by atoms with Gasteiger partial charge in [0.25, 0.3) is 0 Å². The molecule has 1 aliphatic heterocycles. The van der Waals surface area contributed by atoms with Crippen LogP contribution in [0.4, 0.5) is 0 Å². The Balaban J connectivity index is 1.78. The van der Waals surface area contributed by atoms with Crippen LogP contribution in [0.5, 0.6) is 11.6 Å². The van der Waals surface area contributed by atoms with E-state index in [9.17, 15) is 5.11 Å². The molecule has 144 valence electrons. The average molecular weight is 383 g/mol. The number of hydrogen-bond acceptors (Lipinski definition) is 4. The molecule has 1 aliphatic rings. The molecule has 0 amide bonds. The molecule has 0 radical (unpaired) electrons. The number of fused-ring (bicyclic) bond motifs is 4. The smallest absolute Gasteiger partial charge is 0.228 e. The molecular weight excluding hydrogens is 362 g/mol. The molecule has 0 bridgehead atoms. The highest BCUT2D eigenvalue weighted by Crippen LogP contribution is 2.47. The van der Waals surface area contributed by atoms with Crippen LogP contribution in [-0.4, -0.2) is 21.3 Å². The normalized spacial score (nSPS) is 14.9. The van der Waals surface area contributed by atoms with Gasteiger partial charge < -0.3 is 14.4 Å². The number of aryl methyl sites for hydroxylation is 1. The second-order valence-electron chi connectivity index (χ2n) is 7.23. The number of aliphatic hydroxyl groups is 1. The van der Waals surface area contributed by atoms with E-state index in [1.54, 1.807) is 10.9 Å². The maximum Gasteiger partial charge on any atom is 0.228 e. The van der Waals surface area contributed by atoms with Crippen molar-refractivity contribution in [3.63, 3.8) is 0 Å². The summed E-state index contributed by atoms with van der Waals surface area (Å²) >= 11 is 0. The number of benzene rings is 3. The minimum Gasteiger partial charge on any atom is -0.438 e. The van der Waals surface area contributed by atoms with E-state index in [-0.39, 0.29) is 12.5 Å². The van der Waals surface area contributed by atoms with E-state index in [1.807, 2.05) is 30.3 Å². The molecule has 5 heteroatoms. The fraction of sp³-hybridized carbons (Fsp3) is 0.167.